The number of carbonyl (C=O) groups excluding carboxylic acids is 1. The summed E-state index contributed by atoms with van der Waals surface area (Å²) in [6.07, 6.45) is -0.348. The summed E-state index contributed by atoms with van der Waals surface area (Å²) in [5.41, 5.74) is 0. The molecule has 0 saturated carbocycles. The minimum Gasteiger partial charge on any atom is -0.485 e. The molecule has 3 aromatic rings. The quantitative estimate of drug-likeness (QED) is 0.532. The Balaban J connectivity index is 1.36. The van der Waals surface area contributed by atoms with E-state index in [-0.39, 0.29) is 17.8 Å². The molecule has 10 heteroatoms. The Hall–Kier alpha value is -2.23. The van der Waals surface area contributed by atoms with Gasteiger partial charge in [-0.15, -0.1) is 21.5 Å². The highest BCUT2D eigenvalue weighted by Crippen LogP contribution is 2.35. The number of thioether (sulfide) groups is 1. The number of thiophene rings is 1. The molecule has 152 valence electrons. The van der Waals surface area contributed by atoms with E-state index in [1.807, 2.05) is 48.0 Å². The van der Waals surface area contributed by atoms with Crippen molar-refractivity contribution < 1.29 is 14.3 Å². The lowest BCUT2D eigenvalue weighted by molar-refractivity contribution is -0.127. The third-order valence-electron chi connectivity index (χ3n) is 4.44. The molecule has 0 aliphatic carbocycles. The molecule has 1 atom stereocenters. The smallest absolute Gasteiger partial charge is 0.233 e. The van der Waals surface area contributed by atoms with Crippen molar-refractivity contribution in [3.05, 3.63) is 51.4 Å². The maximum atomic E-state index is 12.5. The number of amides is 1. The molecule has 7 nitrogen and oxygen atoms in total. The topological polar surface area (TPSA) is 69.5 Å². The maximum Gasteiger partial charge on any atom is 0.233 e. The van der Waals surface area contributed by atoms with Gasteiger partial charge in [0, 0.05) is 19.0 Å². The van der Waals surface area contributed by atoms with Gasteiger partial charge in [-0.3, -0.25) is 4.79 Å². The molecule has 0 saturated heterocycles. The SMILES string of the molecule is CN(Cc1ccc(Cl)s1)C(=O)CSc1nnc([C@@H]2COc3ccccc3O2)n1C. The molecule has 0 unspecified atom stereocenters. The van der Waals surface area contributed by atoms with Crippen molar-refractivity contribution >= 4 is 40.6 Å². The third-order valence-corrected chi connectivity index (χ3v) is 6.66. The molecule has 0 fully saturated rings. The fourth-order valence-electron chi connectivity index (χ4n) is 2.87. The van der Waals surface area contributed by atoms with Gasteiger partial charge < -0.3 is 18.9 Å². The largest absolute Gasteiger partial charge is 0.485 e. The summed E-state index contributed by atoms with van der Waals surface area (Å²) in [4.78, 5) is 15.2. The van der Waals surface area contributed by atoms with E-state index < -0.39 is 0 Å². The lowest BCUT2D eigenvalue weighted by atomic mass is 10.2. The number of benzene rings is 1. The van der Waals surface area contributed by atoms with Gasteiger partial charge >= 0.3 is 0 Å². The molecule has 0 bridgehead atoms. The van der Waals surface area contributed by atoms with Crippen LogP contribution in [0.1, 0.15) is 16.8 Å². The number of para-hydroxylation sites is 2. The van der Waals surface area contributed by atoms with Gasteiger partial charge in [0.15, 0.2) is 28.6 Å². The molecule has 0 radical (unpaired) electrons. The highest BCUT2D eigenvalue weighted by molar-refractivity contribution is 7.99. The Kier molecular flexibility index (Phi) is 5.98. The molecule has 4 rings (SSSR count). The number of fused-ring (bicyclic) bond motifs is 1. The van der Waals surface area contributed by atoms with Gasteiger partial charge in [0.25, 0.3) is 0 Å². The maximum absolute atomic E-state index is 12.5. The average molecular weight is 451 g/mol. The first-order chi connectivity index (χ1) is 14.0. The van der Waals surface area contributed by atoms with Gasteiger partial charge in [0.05, 0.1) is 16.6 Å². The molecule has 3 heterocycles. The molecule has 1 aromatic carbocycles. The highest BCUT2D eigenvalue weighted by Gasteiger charge is 2.27. The lowest BCUT2D eigenvalue weighted by Crippen LogP contribution is -2.27. The summed E-state index contributed by atoms with van der Waals surface area (Å²) < 4.78 is 14.3. The van der Waals surface area contributed by atoms with Gasteiger partial charge in [-0.1, -0.05) is 35.5 Å². The van der Waals surface area contributed by atoms with E-state index in [0.29, 0.717) is 29.9 Å². The van der Waals surface area contributed by atoms with Crippen molar-refractivity contribution in [1.82, 2.24) is 19.7 Å². The second-order valence-corrected chi connectivity index (χ2v) is 9.25. The monoisotopic (exact) mass is 450 g/mol. The number of halogens is 1. The second kappa shape index (κ2) is 8.64. The summed E-state index contributed by atoms with van der Waals surface area (Å²) in [5.74, 6) is 2.35. The number of aromatic nitrogens is 3. The summed E-state index contributed by atoms with van der Waals surface area (Å²) in [7, 11) is 3.65. The van der Waals surface area contributed by atoms with Crippen molar-refractivity contribution in [3.8, 4) is 11.5 Å². The highest BCUT2D eigenvalue weighted by atomic mass is 35.5. The fraction of sp³-hybridized carbons (Fsp3) is 0.316. The number of carbonyl (C=O) groups is 1. The molecule has 29 heavy (non-hydrogen) atoms. The van der Waals surface area contributed by atoms with Crippen LogP contribution in [0.25, 0.3) is 0 Å². The molecular weight excluding hydrogens is 432 g/mol. The Bertz CT molecular complexity index is 1020. The minimum atomic E-state index is -0.348. The van der Waals surface area contributed by atoms with Gasteiger partial charge in [-0.2, -0.15) is 0 Å². The van der Waals surface area contributed by atoms with Crippen LogP contribution in [0.2, 0.25) is 4.34 Å². The normalized spacial score (nSPS) is 15.3. The predicted octanol–water partition coefficient (Wildman–Crippen LogP) is 3.79. The molecule has 1 aliphatic heterocycles. The van der Waals surface area contributed by atoms with Crippen molar-refractivity contribution in [2.45, 2.75) is 17.8 Å². The zero-order chi connectivity index (χ0) is 20.4. The van der Waals surface area contributed by atoms with Crippen LogP contribution >= 0.6 is 34.7 Å². The Labute approximate surface area is 181 Å². The van der Waals surface area contributed by atoms with E-state index in [1.165, 1.54) is 23.1 Å². The standard InChI is InChI=1S/C19H19ClN4O3S2/c1-23(9-12-7-8-16(20)29-12)17(25)11-28-19-22-21-18(24(19)2)15-10-26-13-5-3-4-6-14(13)27-15/h3-8,15H,9-11H2,1-2H3/t15-/m0/s1. The van der Waals surface area contributed by atoms with Crippen LogP contribution in [-0.4, -0.2) is 45.0 Å². The van der Waals surface area contributed by atoms with Crippen LogP contribution in [0, 0.1) is 0 Å². The van der Waals surface area contributed by atoms with Gasteiger partial charge in [0.2, 0.25) is 5.91 Å². The van der Waals surface area contributed by atoms with E-state index in [0.717, 1.165) is 15.0 Å². The van der Waals surface area contributed by atoms with Crippen molar-refractivity contribution in [2.24, 2.45) is 7.05 Å². The van der Waals surface area contributed by atoms with Gasteiger partial charge in [0.1, 0.15) is 6.61 Å². The molecular formula is C19H19ClN4O3S2. The minimum absolute atomic E-state index is 0.00949. The number of hydrogen-bond donors (Lipinski definition) is 0. The van der Waals surface area contributed by atoms with E-state index >= 15 is 0 Å². The molecule has 2 aromatic heterocycles. The summed E-state index contributed by atoms with van der Waals surface area (Å²) in [5, 5.41) is 9.13. The molecule has 0 spiro atoms. The fourth-order valence-corrected chi connectivity index (χ4v) is 4.87. The van der Waals surface area contributed by atoms with Crippen molar-refractivity contribution in [1.29, 1.82) is 0 Å². The van der Waals surface area contributed by atoms with E-state index in [1.54, 1.807) is 11.9 Å². The number of ether oxygens (including phenoxy) is 2. The Morgan fingerprint density at radius 1 is 1.31 bits per heavy atom. The second-order valence-electron chi connectivity index (χ2n) is 6.51. The predicted molar refractivity (Wildman–Crippen MR) is 113 cm³/mol. The van der Waals surface area contributed by atoms with Crippen LogP contribution in [-0.2, 0) is 18.4 Å². The van der Waals surface area contributed by atoms with Crippen molar-refractivity contribution in [3.63, 3.8) is 0 Å². The first-order valence-electron chi connectivity index (χ1n) is 8.90. The Morgan fingerprint density at radius 2 is 2.10 bits per heavy atom. The third kappa shape index (κ3) is 4.52. The molecule has 1 amide bonds. The first kappa shape index (κ1) is 20.1. The van der Waals surface area contributed by atoms with Crippen molar-refractivity contribution in [2.75, 3.05) is 19.4 Å². The summed E-state index contributed by atoms with van der Waals surface area (Å²) >= 11 is 8.78. The number of nitrogens with zero attached hydrogens (tertiary/aromatic N) is 4. The summed E-state index contributed by atoms with van der Waals surface area (Å²) in [6, 6.07) is 11.3. The summed E-state index contributed by atoms with van der Waals surface area (Å²) in [6.45, 7) is 0.895. The van der Waals surface area contributed by atoms with Crippen LogP contribution in [0.3, 0.4) is 0 Å². The van der Waals surface area contributed by atoms with Crippen LogP contribution in [0.15, 0.2) is 41.6 Å². The van der Waals surface area contributed by atoms with Gasteiger partial charge in [-0.25, -0.2) is 0 Å². The van der Waals surface area contributed by atoms with Crippen LogP contribution < -0.4 is 9.47 Å². The lowest BCUT2D eigenvalue weighted by Gasteiger charge is -2.25. The zero-order valence-corrected chi connectivity index (χ0v) is 18.3. The molecule has 1 aliphatic rings. The first-order valence-corrected chi connectivity index (χ1v) is 11.1. The van der Waals surface area contributed by atoms with E-state index in [9.17, 15) is 4.79 Å². The van der Waals surface area contributed by atoms with E-state index in [4.69, 9.17) is 21.1 Å². The number of rotatable bonds is 6. The van der Waals surface area contributed by atoms with Crippen LogP contribution in [0.5, 0.6) is 11.5 Å². The number of hydrogen-bond acceptors (Lipinski definition) is 7. The van der Waals surface area contributed by atoms with Gasteiger partial charge in [-0.05, 0) is 24.3 Å². The average Bonchev–Trinajstić information content (AvgIpc) is 3.30. The van der Waals surface area contributed by atoms with Crippen LogP contribution in [0.4, 0.5) is 0 Å². The zero-order valence-electron chi connectivity index (χ0n) is 15.9. The Morgan fingerprint density at radius 3 is 2.86 bits per heavy atom. The van der Waals surface area contributed by atoms with E-state index in [2.05, 4.69) is 10.2 Å². The molecule has 0 N–H and O–H groups in total.